The minimum Gasteiger partial charge on any atom is -0.363 e. The minimum atomic E-state index is -5.95. The fraction of sp³-hybridized carbons (Fsp3) is 0.885. The van der Waals surface area contributed by atoms with E-state index in [1.165, 1.54) is 0 Å². The van der Waals surface area contributed by atoms with Crippen LogP contribution in [0.5, 0.6) is 0 Å². The van der Waals surface area contributed by atoms with Gasteiger partial charge in [0.2, 0.25) is 0 Å². The molecule has 2 aliphatic carbocycles. The minimum absolute atomic E-state index is 0.0319. The molecule has 0 aromatic heterocycles. The number of aliphatic hydroxyl groups is 1. The van der Waals surface area contributed by atoms with E-state index in [2.05, 4.69) is 19.8 Å². The summed E-state index contributed by atoms with van der Waals surface area (Å²) in [4.78, 5) is 12.5. The summed E-state index contributed by atoms with van der Waals surface area (Å²) >= 11 is 0. The lowest BCUT2D eigenvalue weighted by Crippen LogP contribution is -2.55. The molecule has 8 heteroatoms. The molecule has 0 heterocycles. The van der Waals surface area contributed by atoms with E-state index in [0.29, 0.717) is 31.6 Å². The Morgan fingerprint density at radius 1 is 1.09 bits per heavy atom. The van der Waals surface area contributed by atoms with Crippen LogP contribution in [0, 0.1) is 40.4 Å². The summed E-state index contributed by atoms with van der Waals surface area (Å²) < 4.78 is 78.2. The predicted molar refractivity (Wildman–Crippen MR) is 121 cm³/mol. The summed E-state index contributed by atoms with van der Waals surface area (Å²) in [6, 6.07) is 0. The molecule has 2 nitrogen and oxygen atoms in total. The highest BCUT2D eigenvalue weighted by molar-refractivity contribution is 5.83. The topological polar surface area (TPSA) is 37.3 Å². The van der Waals surface area contributed by atoms with Crippen molar-refractivity contribution in [2.24, 2.45) is 28.6 Å². The van der Waals surface area contributed by atoms with Gasteiger partial charge in [-0.3, -0.25) is 4.79 Å². The highest BCUT2D eigenvalue weighted by atomic mass is 19.4. The summed E-state index contributed by atoms with van der Waals surface area (Å²) in [7, 11) is 0. The zero-order valence-electron chi connectivity index (χ0n) is 21.2. The maximum atomic E-state index is 13.0. The highest BCUT2D eigenvalue weighted by Crippen LogP contribution is 2.61. The SMILES string of the molecule is CC.CC(C)CCC[C@](C)(CC#CC(O)(C(F)(F)F)C(F)(F)F)[C@H]1CCC2C(=O)CCC[C@@]21C. The van der Waals surface area contributed by atoms with Crippen molar-refractivity contribution in [1.29, 1.82) is 0 Å². The number of alkyl halides is 6. The van der Waals surface area contributed by atoms with Crippen molar-refractivity contribution in [2.75, 3.05) is 0 Å². The Labute approximate surface area is 200 Å². The first-order chi connectivity index (χ1) is 15.5. The van der Waals surface area contributed by atoms with Gasteiger partial charge in [0.05, 0.1) is 0 Å². The van der Waals surface area contributed by atoms with Gasteiger partial charge in [-0.05, 0) is 60.7 Å². The quantitative estimate of drug-likeness (QED) is 0.299. The Bertz CT molecular complexity index is 731. The molecule has 0 aliphatic heterocycles. The van der Waals surface area contributed by atoms with Crippen LogP contribution >= 0.6 is 0 Å². The maximum absolute atomic E-state index is 13.0. The first-order valence-electron chi connectivity index (χ1n) is 12.4. The molecule has 0 radical (unpaired) electrons. The number of carbonyl (C=O) groups excluding carboxylic acids is 1. The summed E-state index contributed by atoms with van der Waals surface area (Å²) in [5.41, 5.74) is -6.03. The fourth-order valence-electron chi connectivity index (χ4n) is 6.05. The van der Waals surface area contributed by atoms with E-state index in [4.69, 9.17) is 0 Å². The highest BCUT2D eigenvalue weighted by Gasteiger charge is 2.70. The monoisotopic (exact) mass is 498 g/mol. The molecule has 0 amide bonds. The average Bonchev–Trinajstić information content (AvgIpc) is 3.06. The van der Waals surface area contributed by atoms with E-state index in [-0.39, 0.29) is 29.5 Å². The number of hydrogen-bond acceptors (Lipinski definition) is 2. The molecule has 2 saturated carbocycles. The lowest BCUT2D eigenvalue weighted by atomic mass is 9.56. The second-order valence-electron chi connectivity index (χ2n) is 10.6. The van der Waals surface area contributed by atoms with Gasteiger partial charge in [0.15, 0.2) is 0 Å². The number of carbonyl (C=O) groups is 1. The molecule has 0 saturated heterocycles. The van der Waals surface area contributed by atoms with Crippen molar-refractivity contribution in [1.82, 2.24) is 0 Å². The Balaban J connectivity index is 0.00000281. The van der Waals surface area contributed by atoms with Crippen molar-refractivity contribution in [3.8, 4) is 11.8 Å². The van der Waals surface area contributed by atoms with Crippen LogP contribution < -0.4 is 0 Å². The first kappa shape index (κ1) is 30.8. The van der Waals surface area contributed by atoms with Gasteiger partial charge in [0.1, 0.15) is 5.78 Å². The van der Waals surface area contributed by atoms with Gasteiger partial charge in [-0.2, -0.15) is 26.3 Å². The number of hydrogen-bond donors (Lipinski definition) is 1. The second kappa shape index (κ2) is 11.2. The van der Waals surface area contributed by atoms with E-state index in [1.54, 1.807) is 0 Å². The van der Waals surface area contributed by atoms with Gasteiger partial charge in [-0.25, -0.2) is 0 Å². The number of ketones is 1. The van der Waals surface area contributed by atoms with E-state index < -0.39 is 23.4 Å². The van der Waals surface area contributed by atoms with Crippen molar-refractivity contribution in [3.05, 3.63) is 0 Å². The second-order valence-corrected chi connectivity index (χ2v) is 10.6. The Kier molecular flexibility index (Phi) is 10.2. The molecule has 1 unspecified atom stereocenters. The molecule has 1 N–H and O–H groups in total. The van der Waals surface area contributed by atoms with Crippen LogP contribution in [0.1, 0.15) is 99.3 Å². The van der Waals surface area contributed by atoms with Crippen molar-refractivity contribution in [2.45, 2.75) is 117 Å². The summed E-state index contributed by atoms with van der Waals surface area (Å²) in [5.74, 6) is 3.71. The van der Waals surface area contributed by atoms with Crippen molar-refractivity contribution in [3.63, 3.8) is 0 Å². The predicted octanol–water partition coefficient (Wildman–Crippen LogP) is 7.88. The third-order valence-electron chi connectivity index (χ3n) is 7.82. The molecule has 4 atom stereocenters. The van der Waals surface area contributed by atoms with E-state index in [1.807, 2.05) is 27.7 Å². The van der Waals surface area contributed by atoms with E-state index in [0.717, 1.165) is 31.6 Å². The standard InChI is InChI=1S/C24H34F6O2.C2H6/c1-16(2)8-5-12-20(3,13-7-15-22(32,23(25,26)27)24(28,29)30)19-11-10-17-18(31)9-6-14-21(17,19)4;1-2/h16-17,19,32H,5-6,8-14H2,1-4H3;1-2H3/t17?,19-,20-,21+;/m1./s1. The molecule has 0 aromatic rings. The summed E-state index contributed by atoms with van der Waals surface area (Å²) in [6.45, 7) is 12.0. The Morgan fingerprint density at radius 2 is 1.65 bits per heavy atom. The first-order valence-corrected chi connectivity index (χ1v) is 12.4. The van der Waals surface area contributed by atoms with Crippen LogP contribution in [0.3, 0.4) is 0 Å². The molecular weight excluding hydrogens is 458 g/mol. The zero-order valence-corrected chi connectivity index (χ0v) is 21.2. The number of rotatable bonds is 6. The number of halogens is 6. The van der Waals surface area contributed by atoms with Gasteiger partial charge in [0, 0.05) is 18.8 Å². The van der Waals surface area contributed by atoms with Gasteiger partial charge in [0.25, 0.3) is 0 Å². The van der Waals surface area contributed by atoms with Crippen LogP contribution in [0.4, 0.5) is 26.3 Å². The lowest BCUT2D eigenvalue weighted by molar-refractivity contribution is -0.343. The number of Topliss-reactive ketones (excluding diaryl/α,β-unsaturated/α-hetero) is 1. The molecular formula is C26H40F6O2. The zero-order chi connectivity index (χ0) is 26.6. The van der Waals surface area contributed by atoms with Crippen LogP contribution in [-0.4, -0.2) is 28.8 Å². The molecule has 198 valence electrons. The molecule has 2 aliphatic rings. The molecule has 2 rings (SSSR count). The lowest BCUT2D eigenvalue weighted by Gasteiger charge is -2.48. The molecule has 0 bridgehead atoms. The molecule has 0 spiro atoms. The maximum Gasteiger partial charge on any atom is 0.438 e. The van der Waals surface area contributed by atoms with Crippen LogP contribution in [0.25, 0.3) is 0 Å². The summed E-state index contributed by atoms with van der Waals surface area (Å²) in [5, 5.41) is 9.40. The van der Waals surface area contributed by atoms with Crippen LogP contribution in [0.15, 0.2) is 0 Å². The van der Waals surface area contributed by atoms with Crippen molar-refractivity contribution >= 4 is 5.78 Å². The van der Waals surface area contributed by atoms with E-state index in [9.17, 15) is 36.2 Å². The fourth-order valence-corrected chi connectivity index (χ4v) is 6.05. The smallest absolute Gasteiger partial charge is 0.363 e. The molecule has 2 fully saturated rings. The molecule has 34 heavy (non-hydrogen) atoms. The van der Waals surface area contributed by atoms with Crippen molar-refractivity contribution < 1.29 is 36.2 Å². The number of fused-ring (bicyclic) bond motifs is 1. The van der Waals surface area contributed by atoms with Crippen LogP contribution in [-0.2, 0) is 4.79 Å². The average molecular weight is 499 g/mol. The van der Waals surface area contributed by atoms with E-state index >= 15 is 0 Å². The van der Waals surface area contributed by atoms with Gasteiger partial charge < -0.3 is 5.11 Å². The van der Waals surface area contributed by atoms with Crippen LogP contribution in [0.2, 0.25) is 0 Å². The normalized spacial score (nSPS) is 27.3. The van der Waals surface area contributed by atoms with Gasteiger partial charge in [-0.15, -0.1) is 0 Å². The Morgan fingerprint density at radius 3 is 2.15 bits per heavy atom. The van der Waals surface area contributed by atoms with Gasteiger partial charge >= 0.3 is 18.0 Å². The molecule has 0 aromatic carbocycles. The van der Waals surface area contributed by atoms with Gasteiger partial charge in [-0.1, -0.05) is 60.3 Å². The Hall–Kier alpha value is -1.23. The summed E-state index contributed by atoms with van der Waals surface area (Å²) in [6.07, 6.45) is -6.36. The largest absolute Gasteiger partial charge is 0.438 e. The third kappa shape index (κ3) is 6.30. The third-order valence-corrected chi connectivity index (χ3v) is 7.82.